The van der Waals surface area contributed by atoms with Gasteiger partial charge in [-0.05, 0) is 30.9 Å². The van der Waals surface area contributed by atoms with Crippen LogP contribution < -0.4 is 10.6 Å². The number of guanidine groups is 1. The fourth-order valence-corrected chi connectivity index (χ4v) is 5.37. The molecule has 1 aromatic carbocycles. The van der Waals surface area contributed by atoms with E-state index in [1.165, 1.54) is 10.1 Å². The molecule has 178 valence electrons. The number of rotatable bonds is 8. The van der Waals surface area contributed by atoms with Crippen LogP contribution in [0.2, 0.25) is 0 Å². The molecule has 3 atom stereocenters. The van der Waals surface area contributed by atoms with Crippen molar-refractivity contribution in [2.75, 3.05) is 59.2 Å². The molecule has 4 rings (SSSR count). The van der Waals surface area contributed by atoms with Gasteiger partial charge in [0.25, 0.3) is 0 Å². The van der Waals surface area contributed by atoms with Gasteiger partial charge in [0.1, 0.15) is 6.10 Å². The number of halogens is 1. The van der Waals surface area contributed by atoms with Crippen LogP contribution in [0, 0.1) is 5.92 Å². The third-order valence-corrected chi connectivity index (χ3v) is 7.26. The normalized spacial score (nSPS) is 21.8. The Kier molecular flexibility index (Phi) is 10.5. The molecule has 7 nitrogen and oxygen atoms in total. The number of morpholine rings is 1. The Morgan fingerprint density at radius 2 is 2.03 bits per heavy atom. The van der Waals surface area contributed by atoms with Crippen LogP contribution >= 0.6 is 35.3 Å². The molecule has 0 aliphatic carbocycles. The summed E-state index contributed by atoms with van der Waals surface area (Å²) in [6.45, 7) is 9.10. The van der Waals surface area contributed by atoms with Gasteiger partial charge in [0.15, 0.2) is 5.96 Å². The molecular formula is C23H35IN4O3S. The average molecular weight is 575 g/mol. The molecule has 0 bridgehead atoms. The van der Waals surface area contributed by atoms with Crippen LogP contribution in [0.4, 0.5) is 0 Å². The maximum absolute atomic E-state index is 10.7. The lowest BCUT2D eigenvalue weighted by atomic mass is 9.97. The largest absolute Gasteiger partial charge is 0.386 e. The Balaban J connectivity index is 0.00000289. The molecule has 9 heteroatoms. The van der Waals surface area contributed by atoms with E-state index >= 15 is 0 Å². The van der Waals surface area contributed by atoms with Crippen molar-refractivity contribution in [1.82, 2.24) is 15.5 Å². The first-order valence-electron chi connectivity index (χ1n) is 11.3. The molecule has 0 radical (unpaired) electrons. The highest BCUT2D eigenvalue weighted by Crippen LogP contribution is 2.29. The molecule has 2 aromatic rings. The lowest BCUT2D eigenvalue weighted by Gasteiger charge is -2.36. The molecule has 2 aliphatic heterocycles. The summed E-state index contributed by atoms with van der Waals surface area (Å²) in [5.74, 6) is 1.26. The first kappa shape index (κ1) is 25.6. The molecule has 32 heavy (non-hydrogen) atoms. The Morgan fingerprint density at radius 3 is 2.75 bits per heavy atom. The van der Waals surface area contributed by atoms with Crippen molar-refractivity contribution >= 4 is 51.4 Å². The van der Waals surface area contributed by atoms with E-state index in [0.717, 1.165) is 63.3 Å². The lowest BCUT2D eigenvalue weighted by molar-refractivity contribution is 0.00368. The number of nitrogens with one attached hydrogen (secondary N) is 2. The highest BCUT2D eigenvalue weighted by atomic mass is 127. The Hall–Kier alpha value is -0.980. The summed E-state index contributed by atoms with van der Waals surface area (Å²) in [5.41, 5.74) is 0. The molecule has 2 aliphatic rings. The number of fused-ring (bicyclic) bond motifs is 1. The minimum absolute atomic E-state index is 0. The van der Waals surface area contributed by atoms with Gasteiger partial charge in [0.2, 0.25) is 0 Å². The van der Waals surface area contributed by atoms with Gasteiger partial charge >= 0.3 is 0 Å². The van der Waals surface area contributed by atoms with Gasteiger partial charge in [0, 0.05) is 54.3 Å². The quantitative estimate of drug-likeness (QED) is 0.256. The molecule has 3 N–H and O–H groups in total. The van der Waals surface area contributed by atoms with E-state index in [1.807, 2.05) is 12.1 Å². The summed E-state index contributed by atoms with van der Waals surface area (Å²) in [7, 11) is 0. The Bertz CT molecular complexity index is 820. The number of ether oxygens (including phenoxy) is 2. The van der Waals surface area contributed by atoms with Crippen molar-refractivity contribution in [3.8, 4) is 0 Å². The summed E-state index contributed by atoms with van der Waals surface area (Å²) in [6.07, 6.45) is 0.520. The first-order valence-corrected chi connectivity index (χ1v) is 12.1. The van der Waals surface area contributed by atoms with E-state index in [-0.39, 0.29) is 24.0 Å². The third kappa shape index (κ3) is 6.77. The summed E-state index contributed by atoms with van der Waals surface area (Å²) < 4.78 is 12.4. The first-order chi connectivity index (χ1) is 15.2. The highest BCUT2D eigenvalue weighted by Gasteiger charge is 2.31. The van der Waals surface area contributed by atoms with Gasteiger partial charge in [0.05, 0.1) is 26.4 Å². The Labute approximate surface area is 211 Å². The molecule has 2 fully saturated rings. The maximum atomic E-state index is 10.7. The number of hydrogen-bond acceptors (Lipinski definition) is 6. The monoisotopic (exact) mass is 574 g/mol. The van der Waals surface area contributed by atoms with Crippen molar-refractivity contribution in [2.24, 2.45) is 10.9 Å². The number of thiophene rings is 1. The summed E-state index contributed by atoms with van der Waals surface area (Å²) in [5, 5.41) is 18.5. The molecule has 3 heterocycles. The van der Waals surface area contributed by atoms with Gasteiger partial charge < -0.3 is 25.2 Å². The summed E-state index contributed by atoms with van der Waals surface area (Å²) in [6, 6.07) is 10.7. The smallest absolute Gasteiger partial charge is 0.191 e. The number of benzene rings is 1. The predicted molar refractivity (Wildman–Crippen MR) is 141 cm³/mol. The summed E-state index contributed by atoms with van der Waals surface area (Å²) in [4.78, 5) is 8.36. The minimum Gasteiger partial charge on any atom is -0.386 e. The zero-order valence-corrected chi connectivity index (χ0v) is 21.8. The molecule has 1 aromatic heterocycles. The third-order valence-electron chi connectivity index (χ3n) is 6.04. The minimum atomic E-state index is -0.570. The van der Waals surface area contributed by atoms with Crippen LogP contribution in [0.25, 0.3) is 10.1 Å². The lowest BCUT2D eigenvalue weighted by Crippen LogP contribution is -2.49. The Morgan fingerprint density at radius 1 is 1.22 bits per heavy atom. The van der Waals surface area contributed by atoms with Gasteiger partial charge in [-0.2, -0.15) is 0 Å². The molecule has 2 saturated heterocycles. The van der Waals surface area contributed by atoms with Crippen LogP contribution in [0.1, 0.15) is 24.3 Å². The van der Waals surface area contributed by atoms with Crippen molar-refractivity contribution < 1.29 is 14.6 Å². The van der Waals surface area contributed by atoms with Crippen molar-refractivity contribution in [3.05, 3.63) is 35.2 Å². The second-order valence-electron chi connectivity index (χ2n) is 8.14. The second-order valence-corrected chi connectivity index (χ2v) is 9.26. The highest BCUT2D eigenvalue weighted by molar-refractivity contribution is 14.0. The zero-order chi connectivity index (χ0) is 21.5. The van der Waals surface area contributed by atoms with E-state index in [9.17, 15) is 5.11 Å². The maximum Gasteiger partial charge on any atom is 0.191 e. The average Bonchev–Trinajstić information content (AvgIpc) is 3.48. The van der Waals surface area contributed by atoms with Crippen LogP contribution in [0.15, 0.2) is 35.3 Å². The van der Waals surface area contributed by atoms with E-state index in [4.69, 9.17) is 14.5 Å². The fourth-order valence-electron chi connectivity index (χ4n) is 4.32. The van der Waals surface area contributed by atoms with Crippen molar-refractivity contribution in [3.63, 3.8) is 0 Å². The SMILES string of the molecule is CCNC(=NCC(C1CCOC1)N1CCOCC1)NCC(O)c1cc2ccccc2s1.I. The molecular weight excluding hydrogens is 539 g/mol. The zero-order valence-electron chi connectivity index (χ0n) is 18.7. The second kappa shape index (κ2) is 13.0. The van der Waals surface area contributed by atoms with Gasteiger partial charge in [-0.3, -0.25) is 9.89 Å². The molecule has 3 unspecified atom stereocenters. The van der Waals surface area contributed by atoms with Crippen LogP contribution in [0.5, 0.6) is 0 Å². The number of aliphatic hydroxyl groups excluding tert-OH is 1. The molecule has 0 spiro atoms. The fraction of sp³-hybridized carbons (Fsp3) is 0.609. The van der Waals surface area contributed by atoms with Gasteiger partial charge in [-0.1, -0.05) is 18.2 Å². The number of nitrogens with zero attached hydrogens (tertiary/aromatic N) is 2. The van der Waals surface area contributed by atoms with E-state index in [2.05, 4.69) is 40.7 Å². The standard InChI is InChI=1S/C23H34N4O3S.HI/c1-2-24-23(26-15-20(28)22-13-17-5-3-4-6-21(17)31-22)25-14-19(18-7-10-30-16-18)27-8-11-29-12-9-27;/h3-6,13,18-20,28H,2,7-12,14-16H2,1H3,(H2,24,25,26);1H. The van der Waals surface area contributed by atoms with Crippen molar-refractivity contribution in [2.45, 2.75) is 25.5 Å². The van der Waals surface area contributed by atoms with Crippen LogP contribution in [-0.2, 0) is 9.47 Å². The number of hydrogen-bond donors (Lipinski definition) is 3. The van der Waals surface area contributed by atoms with E-state index < -0.39 is 6.10 Å². The number of aliphatic imine (C=N–C) groups is 1. The predicted octanol–water partition coefficient (Wildman–Crippen LogP) is 2.85. The van der Waals surface area contributed by atoms with Crippen LogP contribution in [-0.4, -0.2) is 81.2 Å². The summed E-state index contributed by atoms with van der Waals surface area (Å²) >= 11 is 1.64. The topological polar surface area (TPSA) is 78.4 Å². The van der Waals surface area contributed by atoms with E-state index in [0.29, 0.717) is 25.0 Å². The van der Waals surface area contributed by atoms with Gasteiger partial charge in [-0.15, -0.1) is 35.3 Å². The van der Waals surface area contributed by atoms with Gasteiger partial charge in [-0.25, -0.2) is 0 Å². The van der Waals surface area contributed by atoms with Crippen LogP contribution in [0.3, 0.4) is 0 Å². The van der Waals surface area contributed by atoms with E-state index in [1.54, 1.807) is 11.3 Å². The molecule has 0 amide bonds. The van der Waals surface area contributed by atoms with Crippen molar-refractivity contribution in [1.29, 1.82) is 0 Å². The molecule has 0 saturated carbocycles. The number of aliphatic hydroxyl groups is 1.